The summed E-state index contributed by atoms with van der Waals surface area (Å²) in [5.74, 6) is 0. The molecule has 1 aliphatic heterocycles. The third-order valence-corrected chi connectivity index (χ3v) is 7.67. The van der Waals surface area contributed by atoms with Crippen LogP contribution < -0.4 is 4.72 Å². The summed E-state index contributed by atoms with van der Waals surface area (Å²) in [6, 6.07) is 20.7. The van der Waals surface area contributed by atoms with Crippen LogP contribution in [0.3, 0.4) is 0 Å². The van der Waals surface area contributed by atoms with E-state index in [4.69, 9.17) is 0 Å². The number of anilines is 1. The van der Waals surface area contributed by atoms with Crippen molar-refractivity contribution in [3.05, 3.63) is 95.1 Å². The molecule has 0 fully saturated rings. The first kappa shape index (κ1) is 23.0. The van der Waals surface area contributed by atoms with Crippen molar-refractivity contribution in [1.29, 1.82) is 0 Å². The molecule has 0 saturated heterocycles. The number of nitrogens with one attached hydrogen (secondary N) is 1. The number of rotatable bonds is 6. The van der Waals surface area contributed by atoms with Gasteiger partial charge in [-0.3, -0.25) is 4.72 Å². The van der Waals surface area contributed by atoms with Gasteiger partial charge in [0.05, 0.1) is 22.9 Å². The van der Waals surface area contributed by atoms with Crippen molar-refractivity contribution in [3.8, 4) is 0 Å². The zero-order valence-electron chi connectivity index (χ0n) is 18.6. The first-order chi connectivity index (χ1) is 15.5. The highest BCUT2D eigenvalue weighted by Gasteiger charge is 2.37. The van der Waals surface area contributed by atoms with E-state index in [1.807, 2.05) is 38.1 Å². The lowest BCUT2D eigenvalue weighted by Gasteiger charge is -2.23. The molecule has 0 aromatic heterocycles. The molecule has 1 unspecified atom stereocenters. The van der Waals surface area contributed by atoms with Crippen LogP contribution in [0.15, 0.2) is 82.8 Å². The molecule has 0 spiro atoms. The van der Waals surface area contributed by atoms with Crippen molar-refractivity contribution in [1.82, 2.24) is 4.41 Å². The van der Waals surface area contributed by atoms with Gasteiger partial charge in [0.2, 0.25) is 10.0 Å². The second-order valence-electron chi connectivity index (χ2n) is 8.23. The molecular weight excluding hydrogens is 458 g/mol. The van der Waals surface area contributed by atoms with E-state index in [-0.39, 0.29) is 4.90 Å². The smallest absolute Gasteiger partial charge is 0.279 e. The monoisotopic (exact) mass is 483 g/mol. The quantitative estimate of drug-likeness (QED) is 0.568. The van der Waals surface area contributed by atoms with E-state index in [0.29, 0.717) is 23.4 Å². The summed E-state index contributed by atoms with van der Waals surface area (Å²) in [6.45, 7) is 3.86. The predicted molar refractivity (Wildman–Crippen MR) is 130 cm³/mol. The summed E-state index contributed by atoms with van der Waals surface area (Å²) >= 11 is 0. The van der Waals surface area contributed by atoms with Gasteiger partial charge < -0.3 is 0 Å². The maximum Gasteiger partial charge on any atom is 0.279 e. The first-order valence-electron chi connectivity index (χ1n) is 10.4. The van der Waals surface area contributed by atoms with Gasteiger partial charge in [-0.2, -0.15) is 17.9 Å². The lowest BCUT2D eigenvalue weighted by Crippen LogP contribution is -2.27. The van der Waals surface area contributed by atoms with Gasteiger partial charge in [0.25, 0.3) is 10.0 Å². The molecule has 0 radical (unpaired) electrons. The van der Waals surface area contributed by atoms with Gasteiger partial charge in [0.15, 0.2) is 0 Å². The number of hydrogen-bond acceptors (Lipinski definition) is 5. The largest absolute Gasteiger partial charge is 0.284 e. The normalized spacial score (nSPS) is 16.5. The average molecular weight is 484 g/mol. The fourth-order valence-electron chi connectivity index (χ4n) is 3.80. The second kappa shape index (κ2) is 8.64. The van der Waals surface area contributed by atoms with Crippen LogP contribution >= 0.6 is 0 Å². The molecule has 0 saturated carbocycles. The topological polar surface area (TPSA) is 95.9 Å². The Labute approximate surface area is 194 Å². The summed E-state index contributed by atoms with van der Waals surface area (Å²) in [6.07, 6.45) is 1.44. The summed E-state index contributed by atoms with van der Waals surface area (Å²) in [4.78, 5) is 0.170. The summed E-state index contributed by atoms with van der Waals surface area (Å²) in [7, 11) is -7.36. The molecule has 4 rings (SSSR count). The molecule has 172 valence electrons. The van der Waals surface area contributed by atoms with Crippen LogP contribution in [0.1, 0.15) is 34.7 Å². The Hall–Kier alpha value is -3.17. The third kappa shape index (κ3) is 5.09. The van der Waals surface area contributed by atoms with Crippen LogP contribution in [0.4, 0.5) is 5.69 Å². The zero-order valence-corrected chi connectivity index (χ0v) is 20.2. The van der Waals surface area contributed by atoms with Gasteiger partial charge in [0.1, 0.15) is 0 Å². The second-order valence-corrected chi connectivity index (χ2v) is 11.8. The molecule has 0 amide bonds. The summed E-state index contributed by atoms with van der Waals surface area (Å²) in [5.41, 5.74) is 4.44. The lowest BCUT2D eigenvalue weighted by molar-refractivity contribution is 0.371. The van der Waals surface area contributed by atoms with Crippen LogP contribution in [0.25, 0.3) is 0 Å². The highest BCUT2D eigenvalue weighted by atomic mass is 32.2. The number of aryl methyl sites for hydroxylation is 2. The number of sulfonamides is 2. The molecule has 3 aromatic rings. The van der Waals surface area contributed by atoms with Crippen LogP contribution in [-0.2, 0) is 20.0 Å². The highest BCUT2D eigenvalue weighted by Crippen LogP contribution is 2.37. The van der Waals surface area contributed by atoms with Crippen molar-refractivity contribution < 1.29 is 16.8 Å². The molecule has 1 heterocycles. The Bertz CT molecular complexity index is 1430. The molecule has 3 aromatic carbocycles. The van der Waals surface area contributed by atoms with Crippen molar-refractivity contribution in [2.75, 3.05) is 11.0 Å². The maximum atomic E-state index is 13.6. The van der Waals surface area contributed by atoms with Crippen LogP contribution in [0.2, 0.25) is 0 Å². The summed E-state index contributed by atoms with van der Waals surface area (Å²) in [5, 5.41) is 4.54. The minimum absolute atomic E-state index is 0.170. The van der Waals surface area contributed by atoms with E-state index in [9.17, 15) is 16.8 Å². The van der Waals surface area contributed by atoms with Gasteiger partial charge in [-0.05, 0) is 49.2 Å². The van der Waals surface area contributed by atoms with Gasteiger partial charge in [0, 0.05) is 12.1 Å². The molecule has 33 heavy (non-hydrogen) atoms. The Kier molecular flexibility index (Phi) is 6.02. The van der Waals surface area contributed by atoms with E-state index >= 15 is 0 Å². The van der Waals surface area contributed by atoms with Gasteiger partial charge >= 0.3 is 0 Å². The van der Waals surface area contributed by atoms with Crippen LogP contribution in [-0.4, -0.2) is 33.2 Å². The first-order valence-corrected chi connectivity index (χ1v) is 13.7. The SMILES string of the molecule is Cc1ccc(S(=O)(=O)N2N=C(c3cccc(NS(C)(=O)=O)c3)CC2c2cccc(C)c2)cc1. The number of nitrogens with zero attached hydrogens (tertiary/aromatic N) is 2. The molecule has 0 aliphatic carbocycles. The van der Waals surface area contributed by atoms with E-state index < -0.39 is 26.1 Å². The number of hydrogen-bond donors (Lipinski definition) is 1. The number of hydrazone groups is 1. The fraction of sp³-hybridized carbons (Fsp3) is 0.208. The Morgan fingerprint density at radius 1 is 0.879 bits per heavy atom. The molecule has 1 aliphatic rings. The standard InChI is InChI=1S/C24H25N3O4S2/c1-17-10-12-22(13-11-17)33(30,31)27-24(20-8-4-6-18(2)14-20)16-23(25-27)19-7-5-9-21(15-19)26-32(3,28)29/h4-15,24,26H,16H2,1-3H3. The zero-order chi connectivity index (χ0) is 23.8. The Morgan fingerprint density at radius 2 is 1.58 bits per heavy atom. The molecule has 0 bridgehead atoms. The Morgan fingerprint density at radius 3 is 2.24 bits per heavy atom. The third-order valence-electron chi connectivity index (χ3n) is 5.36. The lowest BCUT2D eigenvalue weighted by atomic mass is 9.98. The van der Waals surface area contributed by atoms with Crippen molar-refractivity contribution in [3.63, 3.8) is 0 Å². The van der Waals surface area contributed by atoms with E-state index in [0.717, 1.165) is 22.9 Å². The molecule has 9 heteroatoms. The molecule has 1 N–H and O–H groups in total. The van der Waals surface area contributed by atoms with Gasteiger partial charge in [-0.1, -0.05) is 59.7 Å². The average Bonchev–Trinajstić information content (AvgIpc) is 3.20. The van der Waals surface area contributed by atoms with Crippen LogP contribution in [0, 0.1) is 13.8 Å². The molecular formula is C24H25N3O4S2. The van der Waals surface area contributed by atoms with Crippen molar-refractivity contribution >= 4 is 31.4 Å². The minimum Gasteiger partial charge on any atom is -0.284 e. The van der Waals surface area contributed by atoms with E-state index in [1.54, 1.807) is 48.5 Å². The number of benzene rings is 3. The predicted octanol–water partition coefficient (Wildman–Crippen LogP) is 4.21. The Balaban J connectivity index is 1.79. The molecule has 1 atom stereocenters. The van der Waals surface area contributed by atoms with Gasteiger partial charge in [-0.25, -0.2) is 8.42 Å². The van der Waals surface area contributed by atoms with E-state index in [1.165, 1.54) is 4.41 Å². The van der Waals surface area contributed by atoms with Crippen molar-refractivity contribution in [2.45, 2.75) is 31.2 Å². The minimum atomic E-state index is -3.91. The van der Waals surface area contributed by atoms with Crippen molar-refractivity contribution in [2.24, 2.45) is 5.10 Å². The molecule has 7 nitrogen and oxygen atoms in total. The van der Waals surface area contributed by atoms with Gasteiger partial charge in [-0.15, -0.1) is 0 Å². The highest BCUT2D eigenvalue weighted by molar-refractivity contribution is 7.92. The fourth-order valence-corrected chi connectivity index (χ4v) is 5.79. The maximum absolute atomic E-state index is 13.6. The van der Waals surface area contributed by atoms with E-state index in [2.05, 4.69) is 9.82 Å². The van der Waals surface area contributed by atoms with Crippen LogP contribution in [0.5, 0.6) is 0 Å². The summed E-state index contributed by atoms with van der Waals surface area (Å²) < 4.78 is 54.1.